The minimum atomic E-state index is 0.345. The Labute approximate surface area is 122 Å². The number of nitrogens with two attached hydrogens (primary N) is 1. The number of thiocarbonyl (C=S) groups is 1. The van der Waals surface area contributed by atoms with Crippen molar-refractivity contribution >= 4 is 39.5 Å². The van der Waals surface area contributed by atoms with Gasteiger partial charge in [-0.15, -0.1) is 11.3 Å². The molecule has 2 aromatic rings. The maximum atomic E-state index is 5.76. The minimum Gasteiger partial charge on any atom is -0.389 e. The van der Waals surface area contributed by atoms with E-state index >= 15 is 0 Å². The Kier molecular flexibility index (Phi) is 4.11. The van der Waals surface area contributed by atoms with Crippen LogP contribution in [0.2, 0.25) is 0 Å². The van der Waals surface area contributed by atoms with Crippen molar-refractivity contribution < 1.29 is 0 Å². The van der Waals surface area contributed by atoms with E-state index in [-0.39, 0.29) is 0 Å². The molecule has 0 aromatic carbocycles. The van der Waals surface area contributed by atoms with Crippen LogP contribution in [0.4, 0.5) is 10.9 Å². The molecule has 0 atom stereocenters. The van der Waals surface area contributed by atoms with E-state index in [1.54, 1.807) is 17.5 Å². The summed E-state index contributed by atoms with van der Waals surface area (Å²) in [7, 11) is 0. The molecule has 100 valence electrons. The zero-order chi connectivity index (χ0) is 14.0. The molecule has 2 rings (SSSR count). The van der Waals surface area contributed by atoms with Gasteiger partial charge in [0.1, 0.15) is 10.8 Å². The van der Waals surface area contributed by atoms with Crippen LogP contribution in [0.25, 0.3) is 0 Å². The molecular weight excluding hydrogens is 276 g/mol. The summed E-state index contributed by atoms with van der Waals surface area (Å²) in [5.74, 6) is 0.670. The summed E-state index contributed by atoms with van der Waals surface area (Å²) >= 11 is 6.70. The van der Waals surface area contributed by atoms with Gasteiger partial charge in [-0.25, -0.2) is 9.97 Å². The number of aromatic nitrogens is 2. The van der Waals surface area contributed by atoms with Crippen molar-refractivity contribution in [1.29, 1.82) is 0 Å². The van der Waals surface area contributed by atoms with Crippen molar-refractivity contribution in [1.82, 2.24) is 9.97 Å². The van der Waals surface area contributed by atoms with Gasteiger partial charge in [-0.3, -0.25) is 0 Å². The van der Waals surface area contributed by atoms with E-state index in [1.807, 2.05) is 13.0 Å². The topological polar surface area (TPSA) is 63.8 Å². The normalized spacial score (nSPS) is 10.5. The molecule has 4 nitrogen and oxygen atoms in total. The monoisotopic (exact) mass is 292 g/mol. The zero-order valence-electron chi connectivity index (χ0n) is 11.2. The van der Waals surface area contributed by atoms with Gasteiger partial charge in [-0.05, 0) is 31.9 Å². The molecule has 2 aromatic heterocycles. The highest BCUT2D eigenvalue weighted by Crippen LogP contribution is 2.27. The maximum absolute atomic E-state index is 5.76. The summed E-state index contributed by atoms with van der Waals surface area (Å²) in [6.07, 6.45) is 2.66. The summed E-state index contributed by atoms with van der Waals surface area (Å²) in [4.78, 5) is 10.4. The molecule has 3 N–H and O–H groups in total. The van der Waals surface area contributed by atoms with Crippen LogP contribution in [0, 0.1) is 13.8 Å². The lowest BCUT2D eigenvalue weighted by Gasteiger charge is -2.10. The van der Waals surface area contributed by atoms with Crippen LogP contribution in [0.1, 0.15) is 28.6 Å². The lowest BCUT2D eigenvalue weighted by Crippen LogP contribution is -2.14. The zero-order valence-corrected chi connectivity index (χ0v) is 12.8. The second-order valence-corrected chi connectivity index (χ2v) is 5.86. The van der Waals surface area contributed by atoms with E-state index < -0.39 is 0 Å². The highest BCUT2D eigenvalue weighted by Gasteiger charge is 2.12. The first-order valence-corrected chi connectivity index (χ1v) is 7.24. The van der Waals surface area contributed by atoms with Crippen molar-refractivity contribution in [3.63, 3.8) is 0 Å². The molecule has 0 saturated carbocycles. The summed E-state index contributed by atoms with van der Waals surface area (Å²) in [5, 5.41) is 4.04. The minimum absolute atomic E-state index is 0.345. The van der Waals surface area contributed by atoms with Crippen molar-refractivity contribution in [2.75, 3.05) is 5.32 Å². The SMILES string of the molecule is CCc1nc(Nc2nccc(C)c2C(N)=S)sc1C. The number of anilines is 2. The van der Waals surface area contributed by atoms with Gasteiger partial charge in [0, 0.05) is 11.1 Å². The summed E-state index contributed by atoms with van der Waals surface area (Å²) in [5.41, 5.74) is 8.66. The van der Waals surface area contributed by atoms with Crippen LogP contribution < -0.4 is 11.1 Å². The Morgan fingerprint density at radius 1 is 1.47 bits per heavy atom. The van der Waals surface area contributed by atoms with Crippen LogP contribution in [0.15, 0.2) is 12.3 Å². The van der Waals surface area contributed by atoms with E-state index in [4.69, 9.17) is 18.0 Å². The van der Waals surface area contributed by atoms with Gasteiger partial charge < -0.3 is 11.1 Å². The number of nitrogens with zero attached hydrogens (tertiary/aromatic N) is 2. The van der Waals surface area contributed by atoms with E-state index in [2.05, 4.69) is 29.1 Å². The third-order valence-electron chi connectivity index (χ3n) is 2.86. The Hall–Kier alpha value is -1.53. The second-order valence-electron chi connectivity index (χ2n) is 4.22. The Morgan fingerprint density at radius 3 is 2.79 bits per heavy atom. The third-order valence-corrected chi connectivity index (χ3v) is 3.99. The highest BCUT2D eigenvalue weighted by molar-refractivity contribution is 7.80. The standard InChI is InChI=1S/C13H16N4S2/c1-4-9-8(3)19-13(16-9)17-12-10(11(14)18)7(2)5-6-15-12/h5-6H,4H2,1-3H3,(H2,14,18)(H,15,16,17). The number of hydrogen-bond acceptors (Lipinski definition) is 5. The average molecular weight is 292 g/mol. The van der Waals surface area contributed by atoms with Crippen LogP contribution in [0.5, 0.6) is 0 Å². The molecule has 0 unspecified atom stereocenters. The van der Waals surface area contributed by atoms with Gasteiger partial charge in [-0.2, -0.15) is 0 Å². The quantitative estimate of drug-likeness (QED) is 0.848. The maximum Gasteiger partial charge on any atom is 0.188 e. The predicted molar refractivity (Wildman–Crippen MR) is 84.4 cm³/mol. The number of pyridine rings is 1. The van der Waals surface area contributed by atoms with Crippen LogP contribution in [0.3, 0.4) is 0 Å². The predicted octanol–water partition coefficient (Wildman–Crippen LogP) is 3.10. The molecule has 0 fully saturated rings. The first kappa shape index (κ1) is 13.9. The lowest BCUT2D eigenvalue weighted by atomic mass is 10.1. The average Bonchev–Trinajstić information content (AvgIpc) is 2.69. The second kappa shape index (κ2) is 5.63. The smallest absolute Gasteiger partial charge is 0.188 e. The lowest BCUT2D eigenvalue weighted by molar-refractivity contribution is 1.04. The number of hydrogen-bond donors (Lipinski definition) is 2. The van der Waals surface area contributed by atoms with Crippen LogP contribution >= 0.6 is 23.6 Å². The first-order chi connectivity index (χ1) is 9.02. The van der Waals surface area contributed by atoms with E-state index in [0.29, 0.717) is 10.8 Å². The molecule has 6 heteroatoms. The molecule has 0 saturated heterocycles. The number of nitrogens with one attached hydrogen (secondary N) is 1. The van der Waals surface area contributed by atoms with Gasteiger partial charge >= 0.3 is 0 Å². The molecule has 0 aliphatic carbocycles. The molecule has 0 amide bonds. The molecule has 0 bridgehead atoms. The fraction of sp³-hybridized carbons (Fsp3) is 0.308. The Morgan fingerprint density at radius 2 is 2.21 bits per heavy atom. The number of rotatable bonds is 4. The fourth-order valence-electron chi connectivity index (χ4n) is 1.87. The van der Waals surface area contributed by atoms with Gasteiger partial charge in [0.15, 0.2) is 5.13 Å². The molecule has 0 radical (unpaired) electrons. The Bertz CT molecular complexity index is 619. The first-order valence-electron chi connectivity index (χ1n) is 6.01. The largest absolute Gasteiger partial charge is 0.389 e. The summed E-state index contributed by atoms with van der Waals surface area (Å²) in [6.45, 7) is 6.13. The van der Waals surface area contributed by atoms with Crippen molar-refractivity contribution in [2.45, 2.75) is 27.2 Å². The van der Waals surface area contributed by atoms with Gasteiger partial charge in [0.05, 0.1) is 11.3 Å². The summed E-state index contributed by atoms with van der Waals surface area (Å²) in [6, 6.07) is 1.89. The molecule has 0 spiro atoms. The summed E-state index contributed by atoms with van der Waals surface area (Å²) < 4.78 is 0. The van der Waals surface area contributed by atoms with Gasteiger partial charge in [0.25, 0.3) is 0 Å². The van der Waals surface area contributed by atoms with E-state index in [1.165, 1.54) is 4.88 Å². The van der Waals surface area contributed by atoms with Gasteiger partial charge in [0.2, 0.25) is 0 Å². The van der Waals surface area contributed by atoms with Crippen molar-refractivity contribution in [3.05, 3.63) is 34.0 Å². The fourth-order valence-corrected chi connectivity index (χ4v) is 3.03. The third kappa shape index (κ3) is 2.90. The molecular formula is C13H16N4S2. The van der Waals surface area contributed by atoms with E-state index in [9.17, 15) is 0 Å². The van der Waals surface area contributed by atoms with Gasteiger partial charge in [-0.1, -0.05) is 19.1 Å². The number of aryl methyl sites for hydroxylation is 3. The molecule has 0 aliphatic heterocycles. The molecule has 0 aliphatic rings. The highest BCUT2D eigenvalue weighted by atomic mass is 32.1. The number of thiazole rings is 1. The molecule has 2 heterocycles. The molecule has 19 heavy (non-hydrogen) atoms. The van der Waals surface area contributed by atoms with Crippen molar-refractivity contribution in [3.8, 4) is 0 Å². The van der Waals surface area contributed by atoms with Crippen LogP contribution in [-0.2, 0) is 6.42 Å². The Balaban J connectivity index is 2.37. The van der Waals surface area contributed by atoms with Crippen molar-refractivity contribution in [2.24, 2.45) is 5.73 Å². The van der Waals surface area contributed by atoms with Crippen LogP contribution in [-0.4, -0.2) is 15.0 Å². The van der Waals surface area contributed by atoms with E-state index in [0.717, 1.165) is 28.4 Å².